The van der Waals surface area contributed by atoms with Gasteiger partial charge in [-0.1, -0.05) is 48.5 Å². The highest BCUT2D eigenvalue weighted by molar-refractivity contribution is 6.02. The first-order valence-corrected chi connectivity index (χ1v) is 10.8. The highest BCUT2D eigenvalue weighted by Gasteiger charge is 2.21. The predicted octanol–water partition coefficient (Wildman–Crippen LogP) is 5.05. The van der Waals surface area contributed by atoms with Gasteiger partial charge >= 0.3 is 0 Å². The third-order valence-electron chi connectivity index (χ3n) is 5.90. The lowest BCUT2D eigenvalue weighted by Gasteiger charge is -2.32. The van der Waals surface area contributed by atoms with Crippen LogP contribution in [-0.4, -0.2) is 40.3 Å². The van der Waals surface area contributed by atoms with Crippen molar-refractivity contribution in [2.75, 3.05) is 19.6 Å². The number of piperidine rings is 1. The third kappa shape index (κ3) is 5.33. The molecule has 0 atom stereocenters. The van der Waals surface area contributed by atoms with Crippen molar-refractivity contribution in [3.63, 3.8) is 0 Å². The number of aromatic nitrogens is 1. The number of phenolic OH excluding ortho intramolecular Hbond substituents is 1. The first-order valence-electron chi connectivity index (χ1n) is 10.8. The van der Waals surface area contributed by atoms with Gasteiger partial charge in [0, 0.05) is 30.4 Å². The second-order valence-corrected chi connectivity index (χ2v) is 7.88. The molecule has 1 N–H and O–H groups in total. The second kappa shape index (κ2) is 10.2. The first kappa shape index (κ1) is 20.3. The van der Waals surface area contributed by atoms with Crippen molar-refractivity contribution in [1.82, 2.24) is 9.88 Å². The van der Waals surface area contributed by atoms with Gasteiger partial charge in [-0.05, 0) is 61.7 Å². The average Bonchev–Trinajstić information content (AvgIpc) is 2.81. The first-order chi connectivity index (χ1) is 14.8. The molecule has 0 bridgehead atoms. The molecule has 2 aromatic carbocycles. The van der Waals surface area contributed by atoms with Crippen molar-refractivity contribution in [3.8, 4) is 5.75 Å². The molecule has 0 unspecified atom stereocenters. The molecule has 0 radical (unpaired) electrons. The molecular weight excluding hydrogens is 370 g/mol. The van der Waals surface area contributed by atoms with E-state index >= 15 is 0 Å². The van der Waals surface area contributed by atoms with Crippen LogP contribution in [0.1, 0.15) is 42.0 Å². The Hall–Kier alpha value is -2.98. The van der Waals surface area contributed by atoms with E-state index in [1.54, 1.807) is 12.3 Å². The summed E-state index contributed by atoms with van der Waals surface area (Å²) in [6.45, 7) is 3.69. The predicted molar refractivity (Wildman–Crippen MR) is 122 cm³/mol. The van der Waals surface area contributed by atoms with Gasteiger partial charge in [-0.2, -0.15) is 0 Å². The highest BCUT2D eigenvalue weighted by Crippen LogP contribution is 2.28. The molecule has 2 heterocycles. The van der Waals surface area contributed by atoms with Gasteiger partial charge in [-0.3, -0.25) is 9.98 Å². The topological polar surface area (TPSA) is 48.7 Å². The Morgan fingerprint density at radius 2 is 1.67 bits per heavy atom. The van der Waals surface area contributed by atoms with E-state index in [-0.39, 0.29) is 0 Å². The van der Waals surface area contributed by atoms with Gasteiger partial charge in [0.25, 0.3) is 0 Å². The fraction of sp³-hybridized carbons (Fsp3) is 0.308. The molecule has 30 heavy (non-hydrogen) atoms. The number of rotatable bonds is 7. The molecule has 4 nitrogen and oxygen atoms in total. The van der Waals surface area contributed by atoms with Crippen molar-refractivity contribution >= 4 is 5.71 Å². The zero-order valence-corrected chi connectivity index (χ0v) is 17.3. The van der Waals surface area contributed by atoms with Crippen LogP contribution >= 0.6 is 0 Å². The molecule has 0 aliphatic carbocycles. The average molecular weight is 400 g/mol. The number of benzene rings is 2. The van der Waals surface area contributed by atoms with Gasteiger partial charge in [0.15, 0.2) is 0 Å². The van der Waals surface area contributed by atoms with Crippen molar-refractivity contribution in [2.45, 2.75) is 31.7 Å². The van der Waals surface area contributed by atoms with Crippen LogP contribution in [0.5, 0.6) is 5.75 Å². The van der Waals surface area contributed by atoms with Gasteiger partial charge in [0.2, 0.25) is 0 Å². The Morgan fingerprint density at radius 3 is 2.40 bits per heavy atom. The van der Waals surface area contributed by atoms with E-state index in [9.17, 15) is 5.11 Å². The van der Waals surface area contributed by atoms with E-state index in [1.165, 1.54) is 18.4 Å². The smallest absolute Gasteiger partial charge is 0.124 e. The fourth-order valence-electron chi connectivity index (χ4n) is 4.16. The van der Waals surface area contributed by atoms with E-state index in [0.717, 1.165) is 43.0 Å². The van der Waals surface area contributed by atoms with Gasteiger partial charge in [-0.15, -0.1) is 0 Å². The highest BCUT2D eigenvalue weighted by atomic mass is 16.3. The molecule has 1 saturated heterocycles. The second-order valence-electron chi connectivity index (χ2n) is 7.88. The van der Waals surface area contributed by atoms with E-state index in [0.29, 0.717) is 18.2 Å². The molecule has 1 fully saturated rings. The summed E-state index contributed by atoms with van der Waals surface area (Å²) in [6, 6.07) is 24.2. The maximum atomic E-state index is 10.4. The lowest BCUT2D eigenvalue weighted by atomic mass is 9.89. The number of hydrogen-bond donors (Lipinski definition) is 1. The van der Waals surface area contributed by atoms with Crippen LogP contribution in [0, 0.1) is 0 Å². The van der Waals surface area contributed by atoms with E-state index in [2.05, 4.69) is 40.2 Å². The van der Waals surface area contributed by atoms with Crippen LogP contribution in [0.4, 0.5) is 0 Å². The minimum absolute atomic E-state index is 0.292. The molecule has 0 spiro atoms. The van der Waals surface area contributed by atoms with Crippen molar-refractivity contribution in [2.24, 2.45) is 4.99 Å². The third-order valence-corrected chi connectivity index (χ3v) is 5.90. The number of aliphatic imine (C=N–C) groups is 1. The van der Waals surface area contributed by atoms with Crippen molar-refractivity contribution < 1.29 is 5.11 Å². The number of phenols is 1. The van der Waals surface area contributed by atoms with Gasteiger partial charge < -0.3 is 10.0 Å². The van der Waals surface area contributed by atoms with E-state index in [4.69, 9.17) is 4.99 Å². The Bertz CT molecular complexity index is 948. The summed E-state index contributed by atoms with van der Waals surface area (Å²) < 4.78 is 0. The summed E-state index contributed by atoms with van der Waals surface area (Å²) in [5.41, 5.74) is 4.18. The maximum absolute atomic E-state index is 10.4. The van der Waals surface area contributed by atoms with Crippen LogP contribution in [0.15, 0.2) is 84.0 Å². The number of aromatic hydroxyl groups is 1. The minimum atomic E-state index is 0.292. The molecule has 4 heteroatoms. The minimum Gasteiger partial charge on any atom is -0.507 e. The quantitative estimate of drug-likeness (QED) is 0.566. The summed E-state index contributed by atoms with van der Waals surface area (Å²) in [4.78, 5) is 11.7. The van der Waals surface area contributed by atoms with Crippen molar-refractivity contribution in [1.29, 1.82) is 0 Å². The number of pyridine rings is 1. The zero-order valence-electron chi connectivity index (χ0n) is 17.3. The zero-order chi connectivity index (χ0) is 20.6. The molecular formula is C26H29N3O. The maximum Gasteiger partial charge on any atom is 0.124 e. The number of likely N-dealkylation sites (tertiary alicyclic amines) is 1. The lowest BCUT2D eigenvalue weighted by Crippen LogP contribution is -2.34. The van der Waals surface area contributed by atoms with Crippen LogP contribution in [0.3, 0.4) is 0 Å². The Morgan fingerprint density at radius 1 is 0.933 bits per heavy atom. The Labute approximate surface area is 178 Å². The SMILES string of the molecule is Oc1ccccc1/C(CCN1CCC(c2ccccc2)CC1)=N/Cc1ccccn1. The Kier molecular flexibility index (Phi) is 6.88. The molecule has 4 rings (SSSR count). The summed E-state index contributed by atoms with van der Waals surface area (Å²) in [5, 5.41) is 10.4. The standard InChI is InChI=1S/C26H29N3O/c30-26-12-5-4-11-24(26)25(28-20-23-10-6-7-16-27-23)15-19-29-17-13-22(14-18-29)21-8-2-1-3-9-21/h1-12,16,22,30H,13-15,17-20H2/b28-25+. The summed E-state index contributed by atoms with van der Waals surface area (Å²) >= 11 is 0. The summed E-state index contributed by atoms with van der Waals surface area (Å²) in [5.74, 6) is 0.956. The molecule has 3 aromatic rings. The molecule has 1 aromatic heterocycles. The molecule has 1 aliphatic rings. The number of nitrogens with zero attached hydrogens (tertiary/aromatic N) is 3. The fourth-order valence-corrected chi connectivity index (χ4v) is 4.16. The normalized spacial score (nSPS) is 15.9. The lowest BCUT2D eigenvalue weighted by molar-refractivity contribution is 0.217. The van der Waals surface area contributed by atoms with Gasteiger partial charge in [-0.25, -0.2) is 0 Å². The van der Waals surface area contributed by atoms with E-state index in [1.807, 2.05) is 36.4 Å². The summed E-state index contributed by atoms with van der Waals surface area (Å²) in [6.07, 6.45) is 5.00. The van der Waals surface area contributed by atoms with Crippen LogP contribution < -0.4 is 0 Å². The number of hydrogen-bond acceptors (Lipinski definition) is 4. The van der Waals surface area contributed by atoms with Gasteiger partial charge in [0.05, 0.1) is 12.2 Å². The van der Waals surface area contributed by atoms with Crippen LogP contribution in [0.25, 0.3) is 0 Å². The summed E-state index contributed by atoms with van der Waals surface area (Å²) in [7, 11) is 0. The van der Waals surface area contributed by atoms with Crippen LogP contribution in [0.2, 0.25) is 0 Å². The van der Waals surface area contributed by atoms with Crippen LogP contribution in [-0.2, 0) is 6.54 Å². The molecule has 1 aliphatic heterocycles. The molecule has 0 saturated carbocycles. The monoisotopic (exact) mass is 399 g/mol. The Balaban J connectivity index is 1.39. The van der Waals surface area contributed by atoms with Gasteiger partial charge in [0.1, 0.15) is 5.75 Å². The largest absolute Gasteiger partial charge is 0.507 e. The molecule has 0 amide bonds. The number of para-hydroxylation sites is 1. The van der Waals surface area contributed by atoms with E-state index < -0.39 is 0 Å². The molecule has 154 valence electrons. The van der Waals surface area contributed by atoms with Crippen molar-refractivity contribution in [3.05, 3.63) is 95.8 Å².